The summed E-state index contributed by atoms with van der Waals surface area (Å²) in [6.07, 6.45) is 0. The molecule has 10 heavy (non-hydrogen) atoms. The molecule has 0 aliphatic heterocycles. The third kappa shape index (κ3) is 3.99. The molecular weight excluding hydrogens is 159 g/mol. The van der Waals surface area contributed by atoms with Crippen LogP contribution in [-0.4, -0.2) is 64.5 Å². The van der Waals surface area contributed by atoms with Crippen molar-refractivity contribution < 1.29 is 9.53 Å². The molecule has 0 aliphatic carbocycles. The van der Waals surface area contributed by atoms with Crippen LogP contribution >= 0.6 is 0 Å². The average molecular weight is 164 g/mol. The van der Waals surface area contributed by atoms with Crippen molar-refractivity contribution in [2.24, 2.45) is 5.92 Å². The van der Waals surface area contributed by atoms with E-state index in [0.29, 0.717) is 0 Å². The van der Waals surface area contributed by atoms with E-state index < -0.39 is 11.9 Å². The average Bonchev–Trinajstić information content (AvgIpc) is 1.90. The van der Waals surface area contributed by atoms with Gasteiger partial charge >= 0.3 is 57.4 Å². The van der Waals surface area contributed by atoms with E-state index in [9.17, 15) is 4.79 Å². The summed E-state index contributed by atoms with van der Waals surface area (Å²) in [5, 5.41) is 16.1. The molecule has 0 aromatic heterocycles. The Morgan fingerprint density at radius 1 is 1.50 bits per heavy atom. The Balaban J connectivity index is 0. The van der Waals surface area contributed by atoms with Gasteiger partial charge in [0.2, 0.25) is 5.92 Å². The number of hydrogen-bond acceptors (Lipinski definition) is 4. The second-order valence-electron chi connectivity index (χ2n) is 1.21. The Morgan fingerprint density at radius 3 is 2.00 bits per heavy atom. The number of hydrogen-bond donors (Lipinski definition) is 0. The van der Waals surface area contributed by atoms with Crippen LogP contribution in [0.1, 0.15) is 0 Å². The predicted octanol–water partition coefficient (Wildman–Crippen LogP) is -0.826. The van der Waals surface area contributed by atoms with Crippen LogP contribution in [0.15, 0.2) is 0 Å². The second kappa shape index (κ2) is 7.20. The van der Waals surface area contributed by atoms with Gasteiger partial charge in [-0.25, -0.2) is 4.79 Å². The van der Waals surface area contributed by atoms with Crippen LogP contribution in [-0.2, 0) is 9.53 Å². The van der Waals surface area contributed by atoms with Gasteiger partial charge in [-0.15, -0.1) is 0 Å². The summed E-state index contributed by atoms with van der Waals surface area (Å²) in [7, 11) is 1.13. The minimum absolute atomic E-state index is 0. The Labute approximate surface area is 101 Å². The van der Waals surface area contributed by atoms with Crippen LogP contribution in [0.2, 0.25) is 0 Å². The van der Waals surface area contributed by atoms with E-state index in [4.69, 9.17) is 10.5 Å². The standard InChI is InChI=1S/C5H4N2O2.K.H/c1-9-5(8)4(2-6)3-7;;/h4H,1H3;;. The number of nitrogens with zero attached hydrogens (tertiary/aromatic N) is 2. The van der Waals surface area contributed by atoms with E-state index >= 15 is 0 Å². The summed E-state index contributed by atoms with van der Waals surface area (Å²) >= 11 is 0. The van der Waals surface area contributed by atoms with E-state index in [1.54, 1.807) is 0 Å². The summed E-state index contributed by atoms with van der Waals surface area (Å²) in [5.74, 6) is -2.09. The molecular formula is C5H5KN2O2. The number of methoxy groups -OCH3 is 1. The van der Waals surface area contributed by atoms with Crippen molar-refractivity contribution in [2.75, 3.05) is 7.11 Å². The fourth-order valence-electron chi connectivity index (χ4n) is 0.252. The first-order valence-corrected chi connectivity index (χ1v) is 2.13. The van der Waals surface area contributed by atoms with Gasteiger partial charge in [-0.3, -0.25) is 0 Å². The number of rotatable bonds is 1. The zero-order valence-electron chi connectivity index (χ0n) is 4.79. The molecule has 0 radical (unpaired) electrons. The van der Waals surface area contributed by atoms with Crippen LogP contribution in [0.5, 0.6) is 0 Å². The van der Waals surface area contributed by atoms with E-state index in [2.05, 4.69) is 4.74 Å². The molecule has 0 fully saturated rings. The van der Waals surface area contributed by atoms with Gasteiger partial charge in [-0.05, 0) is 0 Å². The fourth-order valence-corrected chi connectivity index (χ4v) is 0.252. The molecule has 0 atom stereocenters. The number of nitriles is 2. The van der Waals surface area contributed by atoms with Crippen LogP contribution in [0.25, 0.3) is 0 Å². The van der Waals surface area contributed by atoms with Crippen LogP contribution < -0.4 is 0 Å². The molecule has 0 saturated heterocycles. The minimum atomic E-state index is -1.28. The molecule has 0 rings (SSSR count). The zero-order valence-corrected chi connectivity index (χ0v) is 4.79. The summed E-state index contributed by atoms with van der Waals surface area (Å²) in [6, 6.07) is 2.93. The van der Waals surface area contributed by atoms with Gasteiger partial charge in [0.1, 0.15) is 0 Å². The van der Waals surface area contributed by atoms with Crippen molar-refractivity contribution in [1.82, 2.24) is 0 Å². The first kappa shape index (κ1) is 12.7. The topological polar surface area (TPSA) is 73.9 Å². The molecule has 0 heterocycles. The molecule has 0 aliphatic rings. The molecule has 4 nitrogen and oxygen atoms in total. The Kier molecular flexibility index (Phi) is 9.16. The summed E-state index contributed by atoms with van der Waals surface area (Å²) in [6.45, 7) is 0. The van der Waals surface area contributed by atoms with Gasteiger partial charge < -0.3 is 4.74 Å². The van der Waals surface area contributed by atoms with Crippen molar-refractivity contribution >= 4 is 57.4 Å². The van der Waals surface area contributed by atoms with Gasteiger partial charge in [-0.1, -0.05) is 0 Å². The SMILES string of the molecule is COC(=O)C(C#N)C#N.[KH]. The van der Waals surface area contributed by atoms with Crippen molar-refractivity contribution in [3.8, 4) is 12.1 Å². The second-order valence-corrected chi connectivity index (χ2v) is 1.21. The molecule has 0 spiro atoms. The fraction of sp³-hybridized carbons (Fsp3) is 0.400. The van der Waals surface area contributed by atoms with Crippen LogP contribution in [0.3, 0.4) is 0 Å². The third-order valence-corrected chi connectivity index (χ3v) is 0.695. The van der Waals surface area contributed by atoms with Gasteiger partial charge in [-0.2, -0.15) is 10.5 Å². The van der Waals surface area contributed by atoms with E-state index in [0.717, 1.165) is 7.11 Å². The zero-order chi connectivity index (χ0) is 7.28. The quantitative estimate of drug-likeness (QED) is 0.374. The van der Waals surface area contributed by atoms with Crippen LogP contribution in [0, 0.1) is 28.6 Å². The monoisotopic (exact) mass is 164 g/mol. The maximum absolute atomic E-state index is 10.3. The number of esters is 1. The van der Waals surface area contributed by atoms with Gasteiger partial charge in [0.05, 0.1) is 19.2 Å². The normalized spacial score (nSPS) is 6.80. The van der Waals surface area contributed by atoms with Gasteiger partial charge in [0, 0.05) is 0 Å². The molecule has 0 amide bonds. The molecule has 48 valence electrons. The Bertz CT molecular complexity index is 177. The Hall–Kier alpha value is 0.0864. The van der Waals surface area contributed by atoms with Crippen molar-refractivity contribution in [3.05, 3.63) is 0 Å². The number of ether oxygens (including phenoxy) is 1. The van der Waals surface area contributed by atoms with Crippen molar-refractivity contribution in [3.63, 3.8) is 0 Å². The van der Waals surface area contributed by atoms with Gasteiger partial charge in [0.25, 0.3) is 0 Å². The van der Waals surface area contributed by atoms with E-state index in [-0.39, 0.29) is 51.4 Å². The molecule has 0 unspecified atom stereocenters. The molecule has 0 N–H and O–H groups in total. The predicted molar refractivity (Wildman–Crippen MR) is 33.9 cm³/mol. The van der Waals surface area contributed by atoms with E-state index in [1.165, 1.54) is 12.1 Å². The van der Waals surface area contributed by atoms with E-state index in [1.807, 2.05) is 0 Å². The van der Waals surface area contributed by atoms with Crippen molar-refractivity contribution in [2.45, 2.75) is 0 Å². The summed E-state index contributed by atoms with van der Waals surface area (Å²) in [4.78, 5) is 10.3. The molecule has 0 saturated carbocycles. The van der Waals surface area contributed by atoms with Gasteiger partial charge in [0.15, 0.2) is 0 Å². The summed E-state index contributed by atoms with van der Waals surface area (Å²) in [5.41, 5.74) is 0. The summed E-state index contributed by atoms with van der Waals surface area (Å²) < 4.78 is 4.11. The molecule has 0 aromatic rings. The molecule has 5 heteroatoms. The first-order valence-electron chi connectivity index (χ1n) is 2.13. The van der Waals surface area contributed by atoms with Crippen molar-refractivity contribution in [1.29, 1.82) is 10.5 Å². The Morgan fingerprint density at radius 2 is 1.90 bits per heavy atom. The number of carbonyl (C=O) groups is 1. The third-order valence-electron chi connectivity index (χ3n) is 0.695. The first-order chi connectivity index (χ1) is 4.26. The number of carbonyl (C=O) groups excluding carboxylic acids is 1. The van der Waals surface area contributed by atoms with Crippen LogP contribution in [0.4, 0.5) is 0 Å². The maximum atomic E-state index is 10.3. The molecule has 0 bridgehead atoms. The molecule has 0 aromatic carbocycles.